The van der Waals surface area contributed by atoms with Crippen LogP contribution in [-0.4, -0.2) is 31.0 Å². The van der Waals surface area contributed by atoms with Gasteiger partial charge in [-0.3, -0.25) is 9.52 Å². The molecule has 0 bridgehead atoms. The lowest BCUT2D eigenvalue weighted by Crippen LogP contribution is -2.49. The van der Waals surface area contributed by atoms with Gasteiger partial charge in [-0.15, -0.1) is 0 Å². The van der Waals surface area contributed by atoms with Crippen molar-refractivity contribution in [1.29, 1.82) is 0 Å². The van der Waals surface area contributed by atoms with Crippen molar-refractivity contribution in [1.82, 2.24) is 4.72 Å². The van der Waals surface area contributed by atoms with E-state index >= 15 is 0 Å². The summed E-state index contributed by atoms with van der Waals surface area (Å²) < 4.78 is 48.9. The van der Waals surface area contributed by atoms with Crippen LogP contribution < -0.4 is 10.5 Å². The van der Waals surface area contributed by atoms with E-state index in [-0.39, 0.29) is 6.42 Å². The quantitative estimate of drug-likeness (QED) is 0.762. The molecule has 2 aliphatic rings. The molecule has 1 unspecified atom stereocenters. The molecular formula is C10H16F2N2O3S. The Balaban J connectivity index is 1.98. The lowest BCUT2D eigenvalue weighted by atomic mass is 10.1. The van der Waals surface area contributed by atoms with Crippen LogP contribution in [0.1, 0.15) is 32.6 Å². The lowest BCUT2D eigenvalue weighted by molar-refractivity contribution is -0.121. The van der Waals surface area contributed by atoms with Gasteiger partial charge in [0.15, 0.2) is 0 Å². The van der Waals surface area contributed by atoms with Gasteiger partial charge in [0, 0.05) is 6.42 Å². The molecule has 0 heterocycles. The van der Waals surface area contributed by atoms with Gasteiger partial charge >= 0.3 is 0 Å². The Morgan fingerprint density at radius 3 is 2.50 bits per heavy atom. The van der Waals surface area contributed by atoms with Gasteiger partial charge in [-0.05, 0) is 32.1 Å². The van der Waals surface area contributed by atoms with E-state index in [1.807, 2.05) is 4.72 Å². The molecule has 5 nitrogen and oxygen atoms in total. The molecule has 0 radical (unpaired) electrons. The maximum absolute atomic E-state index is 12.2. The molecule has 0 aromatic heterocycles. The molecule has 0 aliphatic heterocycles. The van der Waals surface area contributed by atoms with Crippen LogP contribution in [0.3, 0.4) is 0 Å². The zero-order valence-corrected chi connectivity index (χ0v) is 10.8. The zero-order valence-electron chi connectivity index (χ0n) is 9.95. The van der Waals surface area contributed by atoms with Crippen molar-refractivity contribution in [2.45, 2.75) is 49.3 Å². The molecule has 2 fully saturated rings. The largest absolute Gasteiger partial charge is 0.317 e. The number of sulfonamides is 1. The maximum Gasteiger partial charge on any atom is 0.253 e. The van der Waals surface area contributed by atoms with E-state index < -0.39 is 45.0 Å². The van der Waals surface area contributed by atoms with Crippen LogP contribution in [-0.2, 0) is 14.8 Å². The summed E-state index contributed by atoms with van der Waals surface area (Å²) in [6, 6.07) is 0. The van der Waals surface area contributed by atoms with Crippen molar-refractivity contribution < 1.29 is 22.0 Å². The number of nitrogens with two attached hydrogens (primary N) is 1. The van der Waals surface area contributed by atoms with Crippen molar-refractivity contribution in [3.63, 3.8) is 0 Å². The van der Waals surface area contributed by atoms with E-state index in [0.717, 1.165) is 0 Å². The van der Waals surface area contributed by atoms with Gasteiger partial charge in [0.1, 0.15) is 0 Å². The average molecular weight is 282 g/mol. The van der Waals surface area contributed by atoms with E-state index in [0.29, 0.717) is 12.8 Å². The summed E-state index contributed by atoms with van der Waals surface area (Å²) in [4.78, 5) is 11.7. The van der Waals surface area contributed by atoms with Crippen molar-refractivity contribution in [3.05, 3.63) is 0 Å². The molecule has 2 atom stereocenters. The molecule has 0 aromatic carbocycles. The van der Waals surface area contributed by atoms with E-state index in [2.05, 4.69) is 0 Å². The van der Waals surface area contributed by atoms with Gasteiger partial charge in [-0.25, -0.2) is 17.2 Å². The first-order valence-corrected chi connectivity index (χ1v) is 7.23. The summed E-state index contributed by atoms with van der Waals surface area (Å²) in [6.07, 6.45) is -1.91. The average Bonchev–Trinajstić information content (AvgIpc) is 3.07. The van der Waals surface area contributed by atoms with Crippen molar-refractivity contribution in [2.24, 2.45) is 11.7 Å². The number of halogens is 2. The van der Waals surface area contributed by atoms with Crippen LogP contribution in [0.2, 0.25) is 0 Å². The van der Waals surface area contributed by atoms with Crippen molar-refractivity contribution in [3.8, 4) is 0 Å². The highest BCUT2D eigenvalue weighted by Crippen LogP contribution is 2.46. The number of nitrogens with one attached hydrogen (secondary N) is 1. The van der Waals surface area contributed by atoms with Gasteiger partial charge in [-0.1, -0.05) is 0 Å². The normalized spacial score (nSPS) is 33.3. The molecule has 104 valence electrons. The van der Waals surface area contributed by atoms with Gasteiger partial charge in [0.25, 0.3) is 5.91 Å². The molecule has 3 N–H and O–H groups in total. The smallest absolute Gasteiger partial charge is 0.253 e. The maximum atomic E-state index is 12.2. The molecular weight excluding hydrogens is 266 g/mol. The Hall–Kier alpha value is -0.760. The lowest BCUT2D eigenvalue weighted by Gasteiger charge is -2.16. The van der Waals surface area contributed by atoms with Gasteiger partial charge < -0.3 is 5.73 Å². The number of rotatable bonds is 5. The van der Waals surface area contributed by atoms with E-state index in [9.17, 15) is 22.0 Å². The molecule has 0 aromatic rings. The third-order valence-electron chi connectivity index (χ3n) is 3.87. The number of alkyl halides is 2. The molecule has 18 heavy (non-hydrogen) atoms. The van der Waals surface area contributed by atoms with E-state index in [1.165, 1.54) is 6.92 Å². The number of carbonyl (C=O) groups is 1. The van der Waals surface area contributed by atoms with Crippen LogP contribution in [0.4, 0.5) is 8.78 Å². The third kappa shape index (κ3) is 2.23. The van der Waals surface area contributed by atoms with Crippen LogP contribution in [0.25, 0.3) is 0 Å². The minimum Gasteiger partial charge on any atom is -0.317 e. The van der Waals surface area contributed by atoms with E-state index in [1.54, 1.807) is 0 Å². The predicted molar refractivity (Wildman–Crippen MR) is 60.3 cm³/mol. The third-order valence-corrected chi connectivity index (χ3v) is 6.03. The Morgan fingerprint density at radius 1 is 1.50 bits per heavy atom. The Morgan fingerprint density at radius 2 is 2.06 bits per heavy atom. The number of amides is 1. The summed E-state index contributed by atoms with van der Waals surface area (Å²) in [6.45, 7) is 1.54. The fourth-order valence-corrected chi connectivity index (χ4v) is 3.24. The highest BCUT2D eigenvalue weighted by Gasteiger charge is 2.60. The predicted octanol–water partition coefficient (Wildman–Crippen LogP) is 0.357. The topological polar surface area (TPSA) is 89.3 Å². The molecule has 8 heteroatoms. The standard InChI is InChI=1S/C10H16F2N2O3S/c1-9(2-3-9)18(16,17)14-8(15)10(13)5-6(10)4-7(11)12/h6-7H,2-5,13H2,1H3,(H,14,15)/t6?,10-/m1/s1. The number of carbonyl (C=O) groups excluding carboxylic acids is 1. The number of hydrogen-bond acceptors (Lipinski definition) is 4. The van der Waals surface area contributed by atoms with Crippen molar-refractivity contribution >= 4 is 15.9 Å². The van der Waals surface area contributed by atoms with Crippen LogP contribution in [0, 0.1) is 5.92 Å². The molecule has 0 saturated heterocycles. The van der Waals surface area contributed by atoms with Gasteiger partial charge in [-0.2, -0.15) is 0 Å². The first kappa shape index (κ1) is 13.7. The SMILES string of the molecule is CC1(S(=O)(=O)NC(=O)[C@@]2(N)CC2CC(F)F)CC1. The second kappa shape index (κ2) is 3.86. The summed E-state index contributed by atoms with van der Waals surface area (Å²) in [7, 11) is -3.75. The Kier molecular flexibility index (Phi) is 2.93. The van der Waals surface area contributed by atoms with Crippen LogP contribution in [0.15, 0.2) is 0 Å². The highest BCUT2D eigenvalue weighted by atomic mass is 32.2. The molecule has 2 aliphatic carbocycles. The Bertz CT molecular complexity index is 476. The molecule has 2 rings (SSSR count). The fourth-order valence-electron chi connectivity index (χ4n) is 1.92. The zero-order chi connectivity index (χ0) is 13.8. The van der Waals surface area contributed by atoms with Crippen LogP contribution >= 0.6 is 0 Å². The molecule has 1 amide bonds. The minimum absolute atomic E-state index is 0.107. The first-order chi connectivity index (χ1) is 8.11. The van der Waals surface area contributed by atoms with Gasteiger partial charge in [0.05, 0.1) is 10.3 Å². The monoisotopic (exact) mass is 282 g/mol. The number of hydrogen-bond donors (Lipinski definition) is 2. The van der Waals surface area contributed by atoms with Gasteiger partial charge in [0.2, 0.25) is 16.4 Å². The summed E-state index contributed by atoms with van der Waals surface area (Å²) in [5, 5.41) is 0. The fraction of sp³-hybridized carbons (Fsp3) is 0.900. The minimum atomic E-state index is -3.75. The molecule has 0 spiro atoms. The first-order valence-electron chi connectivity index (χ1n) is 5.74. The summed E-state index contributed by atoms with van der Waals surface area (Å²) >= 11 is 0. The second-order valence-electron chi connectivity index (χ2n) is 5.45. The summed E-state index contributed by atoms with van der Waals surface area (Å²) in [5.74, 6) is -1.50. The molecule has 2 saturated carbocycles. The second-order valence-corrected chi connectivity index (χ2v) is 7.65. The highest BCUT2D eigenvalue weighted by molar-refractivity contribution is 7.91. The van der Waals surface area contributed by atoms with Crippen molar-refractivity contribution in [2.75, 3.05) is 0 Å². The van der Waals surface area contributed by atoms with Crippen LogP contribution in [0.5, 0.6) is 0 Å². The summed E-state index contributed by atoms with van der Waals surface area (Å²) in [5.41, 5.74) is 4.19. The Labute approximate surface area is 104 Å². The van der Waals surface area contributed by atoms with E-state index in [4.69, 9.17) is 5.73 Å².